The lowest BCUT2D eigenvalue weighted by atomic mass is 10.2. The fourth-order valence-corrected chi connectivity index (χ4v) is 3.67. The number of nitrogens with zero attached hydrogens (tertiary/aromatic N) is 4. The van der Waals surface area contributed by atoms with E-state index in [2.05, 4.69) is 20.2 Å². The summed E-state index contributed by atoms with van der Waals surface area (Å²) in [7, 11) is 0. The first-order valence-corrected chi connectivity index (χ1v) is 11.0. The van der Waals surface area contributed by atoms with Crippen molar-refractivity contribution in [1.29, 1.82) is 0 Å². The predicted molar refractivity (Wildman–Crippen MR) is 116 cm³/mol. The van der Waals surface area contributed by atoms with Crippen molar-refractivity contribution >= 4 is 34.6 Å². The zero-order chi connectivity index (χ0) is 23.5. The smallest absolute Gasteiger partial charge is 0.342 e. The first kappa shape index (κ1) is 22.5. The molecular weight excluding hydrogens is 453 g/mol. The van der Waals surface area contributed by atoms with Crippen LogP contribution in [0.5, 0.6) is 5.75 Å². The molecular formula is C21H20FN5O5S. The molecule has 2 N–H and O–H groups in total. The summed E-state index contributed by atoms with van der Waals surface area (Å²) in [4.78, 5) is 20.8. The number of rotatable bonds is 8. The Morgan fingerprint density at radius 2 is 2.03 bits per heavy atom. The van der Waals surface area contributed by atoms with Crippen molar-refractivity contribution in [3.63, 3.8) is 0 Å². The third-order valence-electron chi connectivity index (χ3n) is 4.52. The van der Waals surface area contributed by atoms with E-state index in [1.165, 1.54) is 23.9 Å². The van der Waals surface area contributed by atoms with Crippen LogP contribution < -0.4 is 10.5 Å². The van der Waals surface area contributed by atoms with Crippen molar-refractivity contribution in [1.82, 2.24) is 20.2 Å². The standard InChI is InChI=1S/C21H20FN5O5S/c1-4-29-20(28)15-10(2)31-19-16(15)17(23)24-14(25-19)9-33-21-27-26-18(32-21)11(3)30-13-8-6-5-7-12(13)22/h5-8,11H,4,9H2,1-3H3,(H2,23,24,25)/t11-/m0/s1. The molecule has 0 aliphatic rings. The van der Waals surface area contributed by atoms with Crippen LogP contribution in [-0.2, 0) is 10.5 Å². The molecule has 0 fully saturated rings. The average Bonchev–Trinajstić information content (AvgIpc) is 3.38. The number of anilines is 1. The first-order valence-electron chi connectivity index (χ1n) is 9.97. The number of esters is 1. The van der Waals surface area contributed by atoms with E-state index >= 15 is 0 Å². The normalized spacial score (nSPS) is 12.1. The summed E-state index contributed by atoms with van der Waals surface area (Å²) in [6.45, 7) is 5.23. The lowest BCUT2D eigenvalue weighted by Crippen LogP contribution is -2.07. The number of hydrogen-bond donors (Lipinski definition) is 1. The molecule has 4 rings (SSSR count). The summed E-state index contributed by atoms with van der Waals surface area (Å²) in [5.74, 6) is 0.304. The van der Waals surface area contributed by atoms with E-state index in [0.29, 0.717) is 17.0 Å². The SMILES string of the molecule is CCOC(=O)c1c(C)oc2nc(CSc3nnc([C@H](C)Oc4ccccc4F)o3)nc(N)c12. The Kier molecular flexibility index (Phi) is 6.45. The molecule has 0 aliphatic heterocycles. The van der Waals surface area contributed by atoms with E-state index in [1.54, 1.807) is 32.9 Å². The molecule has 4 aromatic rings. The summed E-state index contributed by atoms with van der Waals surface area (Å²) in [5, 5.41) is 8.48. The zero-order valence-corrected chi connectivity index (χ0v) is 18.8. The van der Waals surface area contributed by atoms with Crippen LogP contribution in [0, 0.1) is 12.7 Å². The molecule has 0 bridgehead atoms. The topological polar surface area (TPSA) is 139 Å². The minimum Gasteiger partial charge on any atom is -0.478 e. The quantitative estimate of drug-likeness (QED) is 0.290. The van der Waals surface area contributed by atoms with Crippen molar-refractivity contribution in [2.75, 3.05) is 12.3 Å². The van der Waals surface area contributed by atoms with Crippen molar-refractivity contribution in [3.8, 4) is 5.75 Å². The molecule has 10 nitrogen and oxygen atoms in total. The Labute approximate surface area is 191 Å². The number of carbonyl (C=O) groups is 1. The number of fused-ring (bicyclic) bond motifs is 1. The molecule has 0 spiro atoms. The molecule has 172 valence electrons. The average molecular weight is 473 g/mol. The number of nitrogen functional groups attached to an aromatic ring is 1. The monoisotopic (exact) mass is 473 g/mol. The van der Waals surface area contributed by atoms with Crippen LogP contribution in [-0.4, -0.2) is 32.7 Å². The fraction of sp³-hybridized carbons (Fsp3) is 0.286. The third kappa shape index (κ3) is 4.75. The van der Waals surface area contributed by atoms with E-state index in [0.717, 1.165) is 0 Å². The number of furan rings is 1. The molecule has 0 amide bonds. The summed E-state index contributed by atoms with van der Waals surface area (Å²) in [6.07, 6.45) is -0.653. The molecule has 1 atom stereocenters. The van der Waals surface area contributed by atoms with Gasteiger partial charge in [-0.1, -0.05) is 23.9 Å². The second-order valence-corrected chi connectivity index (χ2v) is 7.77. The Hall–Kier alpha value is -3.67. The van der Waals surface area contributed by atoms with Gasteiger partial charge in [-0.2, -0.15) is 4.98 Å². The largest absolute Gasteiger partial charge is 0.478 e. The number of nitrogens with two attached hydrogens (primary N) is 1. The van der Waals surface area contributed by atoms with Gasteiger partial charge in [0.05, 0.1) is 17.7 Å². The Morgan fingerprint density at radius 1 is 1.24 bits per heavy atom. The number of aromatic nitrogens is 4. The van der Waals surface area contributed by atoms with Crippen LogP contribution in [0.3, 0.4) is 0 Å². The summed E-state index contributed by atoms with van der Waals surface area (Å²) >= 11 is 1.18. The van der Waals surface area contributed by atoms with Crippen LogP contribution in [0.4, 0.5) is 10.2 Å². The summed E-state index contributed by atoms with van der Waals surface area (Å²) in [5.41, 5.74) is 6.48. The fourth-order valence-electron chi connectivity index (χ4n) is 3.05. The van der Waals surface area contributed by atoms with Crippen LogP contribution in [0.15, 0.2) is 38.3 Å². The van der Waals surface area contributed by atoms with Crippen LogP contribution in [0.1, 0.15) is 47.8 Å². The highest BCUT2D eigenvalue weighted by Crippen LogP contribution is 2.31. The number of para-hydroxylation sites is 1. The molecule has 0 radical (unpaired) electrons. The molecule has 33 heavy (non-hydrogen) atoms. The highest BCUT2D eigenvalue weighted by molar-refractivity contribution is 7.98. The third-order valence-corrected chi connectivity index (χ3v) is 5.33. The van der Waals surface area contributed by atoms with Crippen molar-refractivity contribution in [2.24, 2.45) is 0 Å². The molecule has 0 unspecified atom stereocenters. The van der Waals surface area contributed by atoms with Gasteiger partial charge >= 0.3 is 5.97 Å². The van der Waals surface area contributed by atoms with Gasteiger partial charge in [0.2, 0.25) is 5.71 Å². The molecule has 0 aliphatic carbocycles. The van der Waals surface area contributed by atoms with Crippen molar-refractivity contribution in [3.05, 3.63) is 53.1 Å². The zero-order valence-electron chi connectivity index (χ0n) is 18.0. The van der Waals surface area contributed by atoms with E-state index in [1.807, 2.05) is 0 Å². The minimum atomic E-state index is -0.653. The van der Waals surface area contributed by atoms with Gasteiger partial charge in [-0.3, -0.25) is 0 Å². The van der Waals surface area contributed by atoms with Gasteiger partial charge in [-0.05, 0) is 32.9 Å². The molecule has 1 aromatic carbocycles. The van der Waals surface area contributed by atoms with Crippen LogP contribution in [0.2, 0.25) is 0 Å². The van der Waals surface area contributed by atoms with Gasteiger partial charge in [-0.25, -0.2) is 14.2 Å². The maximum absolute atomic E-state index is 13.8. The van der Waals surface area contributed by atoms with Crippen LogP contribution >= 0.6 is 11.8 Å². The second kappa shape index (κ2) is 9.45. The number of thioether (sulfide) groups is 1. The van der Waals surface area contributed by atoms with E-state index < -0.39 is 17.9 Å². The van der Waals surface area contributed by atoms with Gasteiger partial charge in [0.25, 0.3) is 11.1 Å². The first-order chi connectivity index (χ1) is 15.9. The van der Waals surface area contributed by atoms with Gasteiger partial charge in [-0.15, -0.1) is 10.2 Å². The lowest BCUT2D eigenvalue weighted by molar-refractivity contribution is 0.0526. The molecule has 3 aromatic heterocycles. The second-order valence-electron chi connectivity index (χ2n) is 6.84. The Morgan fingerprint density at radius 3 is 2.79 bits per heavy atom. The van der Waals surface area contributed by atoms with Crippen molar-refractivity contribution in [2.45, 2.75) is 37.9 Å². The summed E-state index contributed by atoms with van der Waals surface area (Å²) < 4.78 is 35.6. The molecule has 0 saturated carbocycles. The summed E-state index contributed by atoms with van der Waals surface area (Å²) in [6, 6.07) is 6.05. The minimum absolute atomic E-state index is 0.0884. The van der Waals surface area contributed by atoms with E-state index in [4.69, 9.17) is 24.0 Å². The highest BCUT2D eigenvalue weighted by atomic mass is 32.2. The molecule has 0 saturated heterocycles. The number of aryl methyl sites for hydroxylation is 1. The highest BCUT2D eigenvalue weighted by Gasteiger charge is 2.24. The van der Waals surface area contributed by atoms with Gasteiger partial charge in [0.1, 0.15) is 23.0 Å². The number of halogens is 1. The molecule has 3 heterocycles. The Balaban J connectivity index is 1.46. The van der Waals surface area contributed by atoms with Crippen LogP contribution in [0.25, 0.3) is 11.1 Å². The van der Waals surface area contributed by atoms with Gasteiger partial charge in [0, 0.05) is 0 Å². The maximum atomic E-state index is 13.8. The number of hydrogen-bond acceptors (Lipinski definition) is 11. The number of benzene rings is 1. The van der Waals surface area contributed by atoms with Gasteiger partial charge in [0.15, 0.2) is 17.7 Å². The number of ether oxygens (including phenoxy) is 2. The lowest BCUT2D eigenvalue weighted by Gasteiger charge is -2.11. The molecule has 12 heteroatoms. The van der Waals surface area contributed by atoms with Gasteiger partial charge < -0.3 is 24.0 Å². The van der Waals surface area contributed by atoms with E-state index in [9.17, 15) is 9.18 Å². The maximum Gasteiger partial charge on any atom is 0.342 e. The Bertz CT molecular complexity index is 1310. The van der Waals surface area contributed by atoms with E-state index in [-0.39, 0.29) is 46.3 Å². The predicted octanol–water partition coefficient (Wildman–Crippen LogP) is 4.24. The van der Waals surface area contributed by atoms with Crippen molar-refractivity contribution < 1.29 is 27.5 Å². The number of carbonyl (C=O) groups excluding carboxylic acids is 1.